The molecule has 2 heteroatoms. The summed E-state index contributed by atoms with van der Waals surface area (Å²) >= 11 is 0. The summed E-state index contributed by atoms with van der Waals surface area (Å²) in [6.07, 6.45) is 15.0. The van der Waals surface area contributed by atoms with E-state index in [1.165, 1.54) is 70.6 Å². The van der Waals surface area contributed by atoms with Crippen molar-refractivity contribution < 1.29 is 9.47 Å². The zero-order chi connectivity index (χ0) is 21.4. The number of hydrogen-bond acceptors (Lipinski definition) is 2. The summed E-state index contributed by atoms with van der Waals surface area (Å²) < 4.78 is 12.1. The van der Waals surface area contributed by atoms with E-state index in [2.05, 4.69) is 41.5 Å². The molecule has 0 spiro atoms. The van der Waals surface area contributed by atoms with E-state index in [9.17, 15) is 0 Å². The highest BCUT2D eigenvalue weighted by molar-refractivity contribution is 4.86. The summed E-state index contributed by atoms with van der Waals surface area (Å²) in [5, 5.41) is 0. The van der Waals surface area contributed by atoms with Gasteiger partial charge in [0.15, 0.2) is 0 Å². The zero-order valence-corrected chi connectivity index (χ0v) is 20.8. The van der Waals surface area contributed by atoms with Crippen molar-refractivity contribution in [1.82, 2.24) is 0 Å². The lowest BCUT2D eigenvalue weighted by Gasteiger charge is -2.41. The molecule has 2 fully saturated rings. The van der Waals surface area contributed by atoms with Gasteiger partial charge in [0.2, 0.25) is 0 Å². The van der Waals surface area contributed by atoms with Crippen molar-refractivity contribution in [2.75, 3.05) is 13.7 Å². The standard InChI is InChI=1S/C27H52O2/c1-8-20(2)21(3)9-10-22(4)25-15-17-27(6,18-16-25)29-19-23(5)24-11-13-26(28-7)14-12-24/h20-26H,8-19H2,1-7H3. The van der Waals surface area contributed by atoms with E-state index in [1.807, 2.05) is 7.11 Å². The van der Waals surface area contributed by atoms with Crippen LogP contribution in [0.5, 0.6) is 0 Å². The van der Waals surface area contributed by atoms with Crippen LogP contribution < -0.4 is 0 Å². The lowest BCUT2D eigenvalue weighted by Crippen LogP contribution is -2.37. The van der Waals surface area contributed by atoms with E-state index in [-0.39, 0.29) is 5.60 Å². The predicted molar refractivity (Wildman–Crippen MR) is 125 cm³/mol. The average Bonchev–Trinajstić information content (AvgIpc) is 2.75. The second-order valence-corrected chi connectivity index (χ2v) is 11.3. The van der Waals surface area contributed by atoms with Gasteiger partial charge in [0.1, 0.15) is 0 Å². The SMILES string of the molecule is CCC(C)C(C)CCC(C)C1CCC(C)(OCC(C)C2CCC(OC)CC2)CC1. The van der Waals surface area contributed by atoms with Crippen LogP contribution >= 0.6 is 0 Å². The first-order valence-corrected chi connectivity index (χ1v) is 12.9. The van der Waals surface area contributed by atoms with E-state index < -0.39 is 0 Å². The molecule has 0 amide bonds. The van der Waals surface area contributed by atoms with E-state index in [0.717, 1.165) is 36.2 Å². The summed E-state index contributed by atoms with van der Waals surface area (Å²) in [5.41, 5.74) is 0.123. The first-order valence-electron chi connectivity index (χ1n) is 12.9. The molecule has 0 saturated heterocycles. The van der Waals surface area contributed by atoms with Gasteiger partial charge in [-0.25, -0.2) is 0 Å². The molecule has 2 saturated carbocycles. The van der Waals surface area contributed by atoms with Gasteiger partial charge in [-0.05, 0) is 93.8 Å². The Labute approximate surface area is 182 Å². The molecule has 29 heavy (non-hydrogen) atoms. The highest BCUT2D eigenvalue weighted by atomic mass is 16.5. The fourth-order valence-corrected chi connectivity index (χ4v) is 5.77. The second-order valence-electron chi connectivity index (χ2n) is 11.3. The number of hydrogen-bond donors (Lipinski definition) is 0. The van der Waals surface area contributed by atoms with Crippen molar-refractivity contribution in [3.05, 3.63) is 0 Å². The molecule has 0 aromatic rings. The number of ether oxygens (including phenoxy) is 2. The van der Waals surface area contributed by atoms with E-state index in [0.29, 0.717) is 12.0 Å². The molecule has 0 aromatic carbocycles. The molecule has 2 nitrogen and oxygen atoms in total. The van der Waals surface area contributed by atoms with Crippen LogP contribution in [0, 0.1) is 35.5 Å². The number of methoxy groups -OCH3 is 1. The van der Waals surface area contributed by atoms with Crippen LogP contribution in [0.3, 0.4) is 0 Å². The fourth-order valence-electron chi connectivity index (χ4n) is 5.77. The highest BCUT2D eigenvalue weighted by Crippen LogP contribution is 2.40. The molecule has 2 aliphatic rings. The Kier molecular flexibility index (Phi) is 10.5. The van der Waals surface area contributed by atoms with Crippen LogP contribution in [0.4, 0.5) is 0 Å². The van der Waals surface area contributed by atoms with Crippen LogP contribution in [0.15, 0.2) is 0 Å². The third-order valence-electron chi connectivity index (χ3n) is 9.14. The monoisotopic (exact) mass is 408 g/mol. The molecule has 2 aliphatic carbocycles. The van der Waals surface area contributed by atoms with Crippen molar-refractivity contribution in [3.63, 3.8) is 0 Å². The Balaban J connectivity index is 1.67. The minimum Gasteiger partial charge on any atom is -0.381 e. The zero-order valence-electron chi connectivity index (χ0n) is 20.8. The molecular weight excluding hydrogens is 356 g/mol. The topological polar surface area (TPSA) is 18.5 Å². The van der Waals surface area contributed by atoms with Gasteiger partial charge >= 0.3 is 0 Å². The van der Waals surface area contributed by atoms with E-state index in [4.69, 9.17) is 9.47 Å². The van der Waals surface area contributed by atoms with Crippen molar-refractivity contribution in [1.29, 1.82) is 0 Å². The van der Waals surface area contributed by atoms with Gasteiger partial charge in [0, 0.05) is 7.11 Å². The molecule has 2 rings (SSSR count). The summed E-state index contributed by atoms with van der Waals surface area (Å²) in [7, 11) is 1.86. The molecule has 4 atom stereocenters. The van der Waals surface area contributed by atoms with Gasteiger partial charge in [-0.2, -0.15) is 0 Å². The Morgan fingerprint density at radius 1 is 0.793 bits per heavy atom. The van der Waals surface area contributed by atoms with Crippen LogP contribution in [0.25, 0.3) is 0 Å². The Hall–Kier alpha value is -0.0800. The minimum atomic E-state index is 0.123. The van der Waals surface area contributed by atoms with E-state index >= 15 is 0 Å². The van der Waals surface area contributed by atoms with Crippen molar-refractivity contribution in [2.45, 2.75) is 124 Å². The van der Waals surface area contributed by atoms with Crippen LogP contribution in [-0.4, -0.2) is 25.4 Å². The first kappa shape index (κ1) is 25.2. The summed E-state index contributed by atoms with van der Waals surface area (Å²) in [6, 6.07) is 0. The molecule has 0 bridgehead atoms. The fraction of sp³-hybridized carbons (Fsp3) is 1.00. The number of rotatable bonds is 11. The third kappa shape index (κ3) is 7.84. The van der Waals surface area contributed by atoms with Crippen molar-refractivity contribution in [3.8, 4) is 0 Å². The predicted octanol–water partition coefficient (Wildman–Crippen LogP) is 7.89. The van der Waals surface area contributed by atoms with Gasteiger partial charge in [-0.1, -0.05) is 53.9 Å². The van der Waals surface area contributed by atoms with Crippen LogP contribution in [0.1, 0.15) is 112 Å². The Morgan fingerprint density at radius 2 is 1.38 bits per heavy atom. The average molecular weight is 409 g/mol. The Bertz CT molecular complexity index is 432. The lowest BCUT2D eigenvalue weighted by molar-refractivity contribution is -0.0887. The third-order valence-corrected chi connectivity index (χ3v) is 9.14. The second kappa shape index (κ2) is 12.1. The van der Waals surface area contributed by atoms with Crippen molar-refractivity contribution >= 4 is 0 Å². The van der Waals surface area contributed by atoms with Gasteiger partial charge in [-0.3, -0.25) is 0 Å². The maximum atomic E-state index is 6.58. The maximum absolute atomic E-state index is 6.58. The molecule has 4 unspecified atom stereocenters. The van der Waals surface area contributed by atoms with Crippen LogP contribution in [0.2, 0.25) is 0 Å². The molecule has 0 N–H and O–H groups in total. The molecule has 0 aromatic heterocycles. The molecule has 0 heterocycles. The van der Waals surface area contributed by atoms with Crippen LogP contribution in [-0.2, 0) is 9.47 Å². The Morgan fingerprint density at radius 3 is 1.93 bits per heavy atom. The molecule has 172 valence electrons. The summed E-state index contributed by atoms with van der Waals surface area (Å²) in [5.74, 6) is 5.05. The first-order chi connectivity index (χ1) is 13.8. The summed E-state index contributed by atoms with van der Waals surface area (Å²) in [6.45, 7) is 15.5. The van der Waals surface area contributed by atoms with Crippen molar-refractivity contribution in [2.24, 2.45) is 35.5 Å². The molecular formula is C27H52O2. The van der Waals surface area contributed by atoms with Gasteiger partial charge in [-0.15, -0.1) is 0 Å². The smallest absolute Gasteiger partial charge is 0.0654 e. The molecule has 0 aliphatic heterocycles. The quantitative estimate of drug-likeness (QED) is 0.346. The maximum Gasteiger partial charge on any atom is 0.0654 e. The van der Waals surface area contributed by atoms with Gasteiger partial charge < -0.3 is 9.47 Å². The normalized spacial score (nSPS) is 35.1. The lowest BCUT2D eigenvalue weighted by atomic mass is 9.72. The highest BCUT2D eigenvalue weighted by Gasteiger charge is 2.35. The van der Waals surface area contributed by atoms with E-state index in [1.54, 1.807) is 0 Å². The minimum absolute atomic E-state index is 0.123. The largest absolute Gasteiger partial charge is 0.381 e. The molecule has 0 radical (unpaired) electrons. The van der Waals surface area contributed by atoms with Gasteiger partial charge in [0.25, 0.3) is 0 Å². The van der Waals surface area contributed by atoms with Gasteiger partial charge in [0.05, 0.1) is 18.3 Å². The summed E-state index contributed by atoms with van der Waals surface area (Å²) in [4.78, 5) is 0.